The molecule has 0 spiro atoms. The number of aromatic nitrogens is 2. The molecule has 0 amide bonds. The maximum Gasteiger partial charge on any atom is 0.416 e. The number of nitrogens with zero attached hydrogens (tertiary/aromatic N) is 2. The Morgan fingerprint density at radius 1 is 1.11 bits per heavy atom. The lowest BCUT2D eigenvalue weighted by Gasteiger charge is -2.26. The molecule has 0 saturated carbocycles. The van der Waals surface area contributed by atoms with Crippen molar-refractivity contribution in [3.05, 3.63) is 92.6 Å². The highest BCUT2D eigenvalue weighted by Gasteiger charge is 2.30. The fourth-order valence-corrected chi connectivity index (χ4v) is 4.49. The van der Waals surface area contributed by atoms with Crippen LogP contribution in [0.15, 0.2) is 63.8 Å². The number of rotatable bonds is 5. The van der Waals surface area contributed by atoms with Crippen molar-refractivity contribution in [1.29, 1.82) is 0 Å². The van der Waals surface area contributed by atoms with Crippen molar-refractivity contribution in [3.8, 4) is 28.5 Å². The maximum atomic E-state index is 12.8. The van der Waals surface area contributed by atoms with Crippen molar-refractivity contribution < 1.29 is 22.3 Å². The Bertz CT molecular complexity index is 1460. The first-order valence-corrected chi connectivity index (χ1v) is 11.5. The van der Waals surface area contributed by atoms with Crippen LogP contribution in [0.1, 0.15) is 22.6 Å². The predicted molar refractivity (Wildman–Crippen MR) is 129 cm³/mol. The van der Waals surface area contributed by atoms with Crippen LogP contribution in [0.3, 0.4) is 0 Å². The van der Waals surface area contributed by atoms with Crippen molar-refractivity contribution in [1.82, 2.24) is 14.9 Å². The van der Waals surface area contributed by atoms with Gasteiger partial charge in [-0.1, -0.05) is 23.7 Å². The lowest BCUT2D eigenvalue weighted by molar-refractivity contribution is -0.137. The van der Waals surface area contributed by atoms with Crippen molar-refractivity contribution in [2.45, 2.75) is 25.7 Å². The summed E-state index contributed by atoms with van der Waals surface area (Å²) in [5, 5.41) is 0.489. The molecule has 2 aromatic heterocycles. The first kappa shape index (κ1) is 24.1. The Labute approximate surface area is 209 Å². The first-order valence-electron chi connectivity index (χ1n) is 11.2. The van der Waals surface area contributed by atoms with E-state index in [-0.39, 0.29) is 11.4 Å². The molecule has 0 fully saturated rings. The summed E-state index contributed by atoms with van der Waals surface area (Å²) in [7, 11) is 1.55. The van der Waals surface area contributed by atoms with E-state index in [2.05, 4.69) is 14.9 Å². The molecular weight excluding hydrogens is 495 g/mol. The molecule has 2 aromatic carbocycles. The number of benzene rings is 2. The third-order valence-electron chi connectivity index (χ3n) is 6.11. The average molecular weight is 516 g/mol. The van der Waals surface area contributed by atoms with E-state index in [1.54, 1.807) is 19.2 Å². The second kappa shape index (κ2) is 9.48. The van der Waals surface area contributed by atoms with Crippen LogP contribution in [-0.2, 0) is 25.7 Å². The van der Waals surface area contributed by atoms with Crippen LogP contribution in [0.4, 0.5) is 13.2 Å². The predicted octanol–water partition coefficient (Wildman–Crippen LogP) is 5.94. The van der Waals surface area contributed by atoms with E-state index in [0.717, 1.165) is 23.5 Å². The van der Waals surface area contributed by atoms with E-state index >= 15 is 0 Å². The molecule has 1 N–H and O–H groups in total. The van der Waals surface area contributed by atoms with Crippen LogP contribution in [0.2, 0.25) is 5.02 Å². The van der Waals surface area contributed by atoms with Crippen molar-refractivity contribution >= 4 is 11.6 Å². The minimum absolute atomic E-state index is 0.259. The fourth-order valence-electron chi connectivity index (χ4n) is 4.23. The third-order valence-corrected chi connectivity index (χ3v) is 6.41. The topological polar surface area (TPSA) is 71.4 Å². The second-order valence-electron chi connectivity index (χ2n) is 8.49. The van der Waals surface area contributed by atoms with E-state index in [0.29, 0.717) is 59.4 Å². The number of alkyl halides is 3. The summed E-state index contributed by atoms with van der Waals surface area (Å²) < 4.78 is 49.7. The molecule has 0 saturated heterocycles. The van der Waals surface area contributed by atoms with Crippen LogP contribution in [0.5, 0.6) is 5.75 Å². The number of methoxy groups -OCH3 is 1. The normalized spacial score (nSPS) is 14.0. The zero-order valence-electron chi connectivity index (χ0n) is 19.2. The maximum absolute atomic E-state index is 12.8. The van der Waals surface area contributed by atoms with Gasteiger partial charge >= 0.3 is 6.18 Å². The quantitative estimate of drug-likeness (QED) is 0.356. The molecule has 0 aliphatic carbocycles. The van der Waals surface area contributed by atoms with Gasteiger partial charge in [0.1, 0.15) is 23.1 Å². The molecule has 6 nitrogen and oxygen atoms in total. The van der Waals surface area contributed by atoms with Crippen molar-refractivity contribution in [3.63, 3.8) is 0 Å². The molecular formula is C26H21ClF3N3O3. The van der Waals surface area contributed by atoms with E-state index in [1.807, 2.05) is 18.2 Å². The highest BCUT2D eigenvalue weighted by molar-refractivity contribution is 6.32. The summed E-state index contributed by atoms with van der Waals surface area (Å²) in [6, 6.07) is 13.8. The number of aromatic amines is 1. The summed E-state index contributed by atoms with van der Waals surface area (Å²) in [4.78, 5) is 22.1. The Morgan fingerprint density at radius 2 is 1.86 bits per heavy atom. The number of furan rings is 1. The van der Waals surface area contributed by atoms with Gasteiger partial charge < -0.3 is 14.1 Å². The lowest BCUT2D eigenvalue weighted by Crippen LogP contribution is -2.35. The van der Waals surface area contributed by atoms with Gasteiger partial charge in [-0.15, -0.1) is 0 Å². The van der Waals surface area contributed by atoms with Crippen molar-refractivity contribution in [2.75, 3.05) is 13.7 Å². The molecule has 0 bridgehead atoms. The number of fused-ring (bicyclic) bond motifs is 1. The first-order chi connectivity index (χ1) is 17.2. The zero-order valence-corrected chi connectivity index (χ0v) is 19.9. The smallest absolute Gasteiger partial charge is 0.416 e. The molecule has 4 aromatic rings. The van der Waals surface area contributed by atoms with E-state index in [4.69, 9.17) is 20.8 Å². The van der Waals surface area contributed by atoms with Gasteiger partial charge in [-0.2, -0.15) is 13.2 Å². The summed E-state index contributed by atoms with van der Waals surface area (Å²) in [5.41, 5.74) is 1.40. The number of ether oxygens (including phenoxy) is 1. The number of H-pyrrole nitrogens is 1. The molecule has 3 heterocycles. The monoisotopic (exact) mass is 515 g/mol. The Balaban J connectivity index is 1.30. The summed E-state index contributed by atoms with van der Waals surface area (Å²) in [6.07, 6.45) is -3.89. The van der Waals surface area contributed by atoms with Crippen LogP contribution < -0.4 is 10.3 Å². The fraction of sp³-hybridized carbons (Fsp3) is 0.231. The second-order valence-corrected chi connectivity index (χ2v) is 8.90. The zero-order chi connectivity index (χ0) is 25.4. The number of halogens is 4. The highest BCUT2D eigenvalue weighted by atomic mass is 35.5. The molecule has 5 rings (SSSR count). The van der Waals surface area contributed by atoms with E-state index < -0.39 is 11.7 Å². The number of hydrogen-bond acceptors (Lipinski definition) is 5. The van der Waals surface area contributed by atoms with E-state index in [9.17, 15) is 18.0 Å². The van der Waals surface area contributed by atoms with Gasteiger partial charge in [0.05, 0.1) is 35.5 Å². The molecule has 10 heteroatoms. The van der Waals surface area contributed by atoms with Gasteiger partial charge in [0.2, 0.25) is 0 Å². The molecule has 1 aliphatic rings. The summed E-state index contributed by atoms with van der Waals surface area (Å²) in [6.45, 7) is 1.54. The average Bonchev–Trinajstić information content (AvgIpc) is 3.32. The largest absolute Gasteiger partial charge is 0.495 e. The number of nitrogens with one attached hydrogen (secondary N) is 1. The van der Waals surface area contributed by atoms with Crippen LogP contribution >= 0.6 is 11.6 Å². The lowest BCUT2D eigenvalue weighted by atomic mass is 10.1. The van der Waals surface area contributed by atoms with Crippen LogP contribution in [0.25, 0.3) is 22.7 Å². The minimum Gasteiger partial charge on any atom is -0.495 e. The van der Waals surface area contributed by atoms with Gasteiger partial charge in [0, 0.05) is 30.6 Å². The van der Waals surface area contributed by atoms with Gasteiger partial charge in [-0.05, 0) is 42.5 Å². The van der Waals surface area contributed by atoms with Crippen molar-refractivity contribution in [2.24, 2.45) is 0 Å². The molecule has 36 heavy (non-hydrogen) atoms. The van der Waals surface area contributed by atoms with Gasteiger partial charge in [0.15, 0.2) is 0 Å². The molecule has 186 valence electrons. The molecule has 0 radical (unpaired) electrons. The molecule has 1 aliphatic heterocycles. The van der Waals surface area contributed by atoms with E-state index in [1.165, 1.54) is 12.1 Å². The van der Waals surface area contributed by atoms with Gasteiger partial charge in [0.25, 0.3) is 5.56 Å². The Morgan fingerprint density at radius 3 is 2.56 bits per heavy atom. The molecule has 0 atom stereocenters. The van der Waals surface area contributed by atoms with Gasteiger partial charge in [-0.3, -0.25) is 9.69 Å². The third kappa shape index (κ3) is 4.89. The number of hydrogen-bond donors (Lipinski definition) is 1. The van der Waals surface area contributed by atoms with Gasteiger partial charge in [-0.25, -0.2) is 4.98 Å². The van der Waals surface area contributed by atoms with Crippen LogP contribution in [0, 0.1) is 0 Å². The summed E-state index contributed by atoms with van der Waals surface area (Å²) in [5.74, 6) is 2.26. The standard InChI is InChI=1S/C26H21ClF3N3O3/c1-35-23-8-4-16(12-20(23)27)22-9-7-18(36-22)13-33-11-10-21-19(14-33)25(34)32-24(31-21)15-2-5-17(6-3-15)26(28,29)30/h2-9,12H,10-11,13-14H2,1H3,(H,31,32,34). The summed E-state index contributed by atoms with van der Waals surface area (Å²) >= 11 is 6.22. The minimum atomic E-state index is -4.42. The SMILES string of the molecule is COc1ccc(-c2ccc(CN3CCc4nc(-c5ccc(C(F)(F)F)cc5)[nH]c(=O)c4C3)o2)cc1Cl. The Hall–Kier alpha value is -3.56. The van der Waals surface area contributed by atoms with Crippen LogP contribution in [-0.4, -0.2) is 28.5 Å². The highest BCUT2D eigenvalue weighted by Crippen LogP contribution is 2.32. The Kier molecular flexibility index (Phi) is 6.36. The molecule has 0 unspecified atom stereocenters.